The molecule has 0 aliphatic carbocycles. The second-order valence-electron chi connectivity index (χ2n) is 4.52. The van der Waals surface area contributed by atoms with Crippen molar-refractivity contribution in [2.75, 3.05) is 25.6 Å². The van der Waals surface area contributed by atoms with E-state index in [4.69, 9.17) is 4.74 Å². The number of nitrogens with zero attached hydrogens (tertiary/aromatic N) is 1. The van der Waals surface area contributed by atoms with Crippen LogP contribution in [0, 0.1) is 0 Å². The van der Waals surface area contributed by atoms with Crippen molar-refractivity contribution < 1.29 is 9.53 Å². The van der Waals surface area contributed by atoms with Gasteiger partial charge in [0.15, 0.2) is 0 Å². The standard InChI is InChI=1S/C16H23NO2/c1-4-5-9-14(16(18)19-3)12-13-17(2)15-10-7-6-8-11-15/h6-11H,4-5,12-13H2,1-3H3. The molecule has 0 spiro atoms. The van der Waals surface area contributed by atoms with E-state index in [0.717, 1.165) is 30.6 Å². The average Bonchev–Trinajstić information content (AvgIpc) is 2.47. The molecule has 3 heteroatoms. The molecule has 0 heterocycles. The Kier molecular flexibility index (Phi) is 6.72. The highest BCUT2D eigenvalue weighted by Gasteiger charge is 2.10. The predicted molar refractivity (Wildman–Crippen MR) is 79.3 cm³/mol. The second kappa shape index (κ2) is 8.35. The minimum absolute atomic E-state index is 0.213. The lowest BCUT2D eigenvalue weighted by atomic mass is 10.1. The first-order valence-corrected chi connectivity index (χ1v) is 6.72. The number of para-hydroxylation sites is 1. The van der Waals surface area contributed by atoms with Gasteiger partial charge < -0.3 is 9.64 Å². The fourth-order valence-electron chi connectivity index (χ4n) is 1.84. The molecule has 3 nitrogen and oxygen atoms in total. The van der Waals surface area contributed by atoms with Crippen molar-refractivity contribution in [2.45, 2.75) is 26.2 Å². The molecule has 0 bridgehead atoms. The normalized spacial score (nSPS) is 11.2. The summed E-state index contributed by atoms with van der Waals surface area (Å²) in [5, 5.41) is 0. The molecular formula is C16H23NO2. The number of carbonyl (C=O) groups is 1. The fourth-order valence-corrected chi connectivity index (χ4v) is 1.84. The quantitative estimate of drug-likeness (QED) is 0.556. The highest BCUT2D eigenvalue weighted by Crippen LogP contribution is 2.14. The van der Waals surface area contributed by atoms with Crippen molar-refractivity contribution in [1.29, 1.82) is 0 Å². The van der Waals surface area contributed by atoms with Gasteiger partial charge in [-0.1, -0.05) is 37.6 Å². The van der Waals surface area contributed by atoms with Crippen molar-refractivity contribution in [3.05, 3.63) is 42.0 Å². The van der Waals surface area contributed by atoms with Gasteiger partial charge in [-0.3, -0.25) is 0 Å². The zero-order valence-corrected chi connectivity index (χ0v) is 12.1. The maximum Gasteiger partial charge on any atom is 0.333 e. The van der Waals surface area contributed by atoms with E-state index in [1.54, 1.807) is 0 Å². The summed E-state index contributed by atoms with van der Waals surface area (Å²) < 4.78 is 4.82. The van der Waals surface area contributed by atoms with Crippen LogP contribution in [0.2, 0.25) is 0 Å². The van der Waals surface area contributed by atoms with Gasteiger partial charge in [0.25, 0.3) is 0 Å². The molecule has 0 amide bonds. The molecule has 0 radical (unpaired) electrons. The summed E-state index contributed by atoms with van der Waals surface area (Å²) in [5.41, 5.74) is 1.93. The Bertz CT molecular complexity index is 412. The predicted octanol–water partition coefficient (Wildman–Crippen LogP) is 3.41. The summed E-state index contributed by atoms with van der Waals surface area (Å²) in [4.78, 5) is 13.8. The molecule has 0 N–H and O–H groups in total. The largest absolute Gasteiger partial charge is 0.466 e. The first-order chi connectivity index (χ1) is 9.19. The van der Waals surface area contributed by atoms with Gasteiger partial charge in [-0.15, -0.1) is 0 Å². The zero-order valence-electron chi connectivity index (χ0n) is 12.1. The third-order valence-corrected chi connectivity index (χ3v) is 3.04. The van der Waals surface area contributed by atoms with Crippen molar-refractivity contribution in [3.63, 3.8) is 0 Å². The van der Waals surface area contributed by atoms with Crippen LogP contribution in [0.5, 0.6) is 0 Å². The third-order valence-electron chi connectivity index (χ3n) is 3.04. The van der Waals surface area contributed by atoms with E-state index in [2.05, 4.69) is 24.0 Å². The molecule has 0 saturated heterocycles. The number of hydrogen-bond acceptors (Lipinski definition) is 3. The Morgan fingerprint density at radius 3 is 2.58 bits per heavy atom. The Balaban J connectivity index is 2.59. The SMILES string of the molecule is CCCC=C(CCN(C)c1ccccc1)C(=O)OC. The Morgan fingerprint density at radius 1 is 1.32 bits per heavy atom. The van der Waals surface area contributed by atoms with Crippen LogP contribution in [0.3, 0.4) is 0 Å². The van der Waals surface area contributed by atoms with Gasteiger partial charge in [0.2, 0.25) is 0 Å². The van der Waals surface area contributed by atoms with Gasteiger partial charge in [-0.25, -0.2) is 4.79 Å². The first-order valence-electron chi connectivity index (χ1n) is 6.72. The minimum Gasteiger partial charge on any atom is -0.466 e. The lowest BCUT2D eigenvalue weighted by Gasteiger charge is -2.19. The van der Waals surface area contributed by atoms with E-state index < -0.39 is 0 Å². The number of benzene rings is 1. The highest BCUT2D eigenvalue weighted by atomic mass is 16.5. The molecule has 0 aromatic heterocycles. The van der Waals surface area contributed by atoms with E-state index in [1.165, 1.54) is 7.11 Å². The number of hydrogen-bond donors (Lipinski definition) is 0. The number of methoxy groups -OCH3 is 1. The van der Waals surface area contributed by atoms with Crippen molar-refractivity contribution >= 4 is 11.7 Å². The number of unbranched alkanes of at least 4 members (excludes halogenated alkanes) is 1. The maximum absolute atomic E-state index is 11.7. The summed E-state index contributed by atoms with van der Waals surface area (Å²) >= 11 is 0. The molecule has 19 heavy (non-hydrogen) atoms. The Morgan fingerprint density at radius 2 is 2.00 bits per heavy atom. The summed E-state index contributed by atoms with van der Waals surface area (Å²) in [6.45, 7) is 2.90. The van der Waals surface area contributed by atoms with Crippen LogP contribution in [0.15, 0.2) is 42.0 Å². The van der Waals surface area contributed by atoms with Crippen LogP contribution >= 0.6 is 0 Å². The van der Waals surface area contributed by atoms with Gasteiger partial charge in [0.1, 0.15) is 0 Å². The number of allylic oxidation sites excluding steroid dienone is 1. The average molecular weight is 261 g/mol. The molecule has 0 aliphatic heterocycles. The number of anilines is 1. The van der Waals surface area contributed by atoms with E-state index in [0.29, 0.717) is 6.42 Å². The van der Waals surface area contributed by atoms with E-state index in [1.807, 2.05) is 31.3 Å². The minimum atomic E-state index is -0.213. The molecule has 104 valence electrons. The monoisotopic (exact) mass is 261 g/mol. The molecule has 1 rings (SSSR count). The molecule has 0 fully saturated rings. The van der Waals surface area contributed by atoms with Gasteiger partial charge in [0.05, 0.1) is 7.11 Å². The number of ether oxygens (including phenoxy) is 1. The molecule has 0 unspecified atom stereocenters. The van der Waals surface area contributed by atoms with Crippen LogP contribution in [0.1, 0.15) is 26.2 Å². The number of carbonyl (C=O) groups excluding carboxylic acids is 1. The first kappa shape index (κ1) is 15.3. The second-order valence-corrected chi connectivity index (χ2v) is 4.52. The van der Waals surface area contributed by atoms with Crippen molar-refractivity contribution in [3.8, 4) is 0 Å². The third kappa shape index (κ3) is 5.16. The summed E-state index contributed by atoms with van der Waals surface area (Å²) in [5.74, 6) is -0.213. The van der Waals surface area contributed by atoms with Crippen LogP contribution in [-0.2, 0) is 9.53 Å². The number of rotatable bonds is 7. The topological polar surface area (TPSA) is 29.5 Å². The summed E-state index contributed by atoms with van der Waals surface area (Å²) in [6, 6.07) is 10.2. The van der Waals surface area contributed by atoms with Crippen molar-refractivity contribution in [2.24, 2.45) is 0 Å². The fraction of sp³-hybridized carbons (Fsp3) is 0.438. The van der Waals surface area contributed by atoms with Gasteiger partial charge in [0, 0.05) is 24.9 Å². The van der Waals surface area contributed by atoms with E-state index >= 15 is 0 Å². The van der Waals surface area contributed by atoms with Crippen LogP contribution in [0.4, 0.5) is 5.69 Å². The molecule has 1 aromatic rings. The Hall–Kier alpha value is -1.77. The summed E-state index contributed by atoms with van der Waals surface area (Å²) in [7, 11) is 3.47. The molecule has 0 atom stereocenters. The van der Waals surface area contributed by atoms with Crippen LogP contribution in [0.25, 0.3) is 0 Å². The molecule has 0 aliphatic rings. The molecule has 1 aromatic carbocycles. The maximum atomic E-state index is 11.7. The number of esters is 1. The van der Waals surface area contributed by atoms with E-state index in [-0.39, 0.29) is 5.97 Å². The van der Waals surface area contributed by atoms with Crippen LogP contribution in [-0.4, -0.2) is 26.7 Å². The van der Waals surface area contributed by atoms with E-state index in [9.17, 15) is 4.79 Å². The highest BCUT2D eigenvalue weighted by molar-refractivity contribution is 5.88. The van der Waals surface area contributed by atoms with Crippen LogP contribution < -0.4 is 4.90 Å². The smallest absolute Gasteiger partial charge is 0.333 e. The van der Waals surface area contributed by atoms with Gasteiger partial charge >= 0.3 is 5.97 Å². The van der Waals surface area contributed by atoms with Gasteiger partial charge in [-0.05, 0) is 25.0 Å². The molecule has 0 saturated carbocycles. The molecular weight excluding hydrogens is 238 g/mol. The van der Waals surface area contributed by atoms with Crippen molar-refractivity contribution in [1.82, 2.24) is 0 Å². The summed E-state index contributed by atoms with van der Waals surface area (Å²) in [6.07, 6.45) is 4.65. The van der Waals surface area contributed by atoms with Gasteiger partial charge in [-0.2, -0.15) is 0 Å². The lowest BCUT2D eigenvalue weighted by Crippen LogP contribution is -2.20. The lowest BCUT2D eigenvalue weighted by molar-refractivity contribution is -0.136. The zero-order chi connectivity index (χ0) is 14.1. The Labute approximate surface area is 115 Å².